The van der Waals surface area contributed by atoms with Gasteiger partial charge in [-0.25, -0.2) is 0 Å². The molecule has 7 unspecified atom stereocenters. The van der Waals surface area contributed by atoms with Crippen LogP contribution in [0.2, 0.25) is 0 Å². The lowest BCUT2D eigenvalue weighted by molar-refractivity contribution is -0.952. The van der Waals surface area contributed by atoms with E-state index in [4.69, 9.17) is 4.74 Å². The van der Waals surface area contributed by atoms with E-state index in [0.29, 0.717) is 11.3 Å². The number of carbonyl (C=O) groups is 1. The van der Waals surface area contributed by atoms with Gasteiger partial charge in [-0.3, -0.25) is 4.79 Å². The largest absolute Gasteiger partial charge is 0.469 e. The molecular weight excluding hydrogens is 322 g/mol. The van der Waals surface area contributed by atoms with E-state index in [2.05, 4.69) is 19.9 Å². The molecule has 1 N–H and O–H groups in total. The van der Waals surface area contributed by atoms with Crippen molar-refractivity contribution in [3.63, 3.8) is 0 Å². The van der Waals surface area contributed by atoms with Gasteiger partial charge in [-0.05, 0) is 68.4 Å². The van der Waals surface area contributed by atoms with E-state index >= 15 is 0 Å². The van der Waals surface area contributed by atoms with Gasteiger partial charge in [-0.1, -0.05) is 18.1 Å². The highest BCUT2D eigenvalue weighted by molar-refractivity contribution is 5.75. The van der Waals surface area contributed by atoms with Crippen LogP contribution in [0.15, 0.2) is 22.8 Å². The molecule has 3 nitrogen and oxygen atoms in total. The highest BCUT2D eigenvalue weighted by atomic mass is 16.5. The standard InChI is InChI=1S/C23H31NO2/c1-14-10-22-9-8-21(2)16(13-24(22)12-14)6-4-15-5-7-17-18(20(25)26-3)11-23(21,22)19(15)17/h10,16-18H,4-9,11-13H2,1-3H3/p+1. The van der Waals surface area contributed by atoms with Gasteiger partial charge in [-0.2, -0.15) is 0 Å². The molecule has 3 heteroatoms. The fourth-order valence-electron chi connectivity index (χ4n) is 9.33. The maximum atomic E-state index is 12.8. The van der Waals surface area contributed by atoms with Crippen LogP contribution in [0.25, 0.3) is 0 Å². The molecule has 4 bridgehead atoms. The molecule has 2 spiro atoms. The van der Waals surface area contributed by atoms with Crippen molar-refractivity contribution >= 4 is 5.97 Å². The average molecular weight is 355 g/mol. The second kappa shape index (κ2) is 4.66. The highest BCUT2D eigenvalue weighted by Crippen LogP contribution is 2.77. The first-order valence-corrected chi connectivity index (χ1v) is 10.8. The van der Waals surface area contributed by atoms with Gasteiger partial charge in [-0.15, -0.1) is 0 Å². The summed E-state index contributed by atoms with van der Waals surface area (Å²) >= 11 is 0. The Labute approximate surface area is 156 Å². The van der Waals surface area contributed by atoms with Crippen molar-refractivity contribution in [2.24, 2.45) is 28.6 Å². The maximum absolute atomic E-state index is 12.8. The van der Waals surface area contributed by atoms with Crippen LogP contribution in [0.5, 0.6) is 0 Å². The van der Waals surface area contributed by atoms with E-state index < -0.39 is 0 Å². The van der Waals surface area contributed by atoms with Crippen LogP contribution in [-0.4, -0.2) is 31.7 Å². The summed E-state index contributed by atoms with van der Waals surface area (Å²) in [4.78, 5) is 14.6. The third-order valence-electron chi connectivity index (χ3n) is 10.1. The van der Waals surface area contributed by atoms with Crippen LogP contribution in [0.1, 0.15) is 58.8 Å². The zero-order valence-electron chi connectivity index (χ0n) is 16.5. The Morgan fingerprint density at radius 2 is 2.08 bits per heavy atom. The molecule has 0 aromatic carbocycles. The number of carbonyl (C=O) groups excluding carboxylic acids is 1. The molecule has 1 saturated heterocycles. The van der Waals surface area contributed by atoms with Gasteiger partial charge in [0.05, 0.1) is 31.5 Å². The summed E-state index contributed by atoms with van der Waals surface area (Å²) < 4.78 is 5.33. The molecule has 140 valence electrons. The summed E-state index contributed by atoms with van der Waals surface area (Å²) in [5, 5.41) is 0. The Balaban J connectivity index is 1.65. The number of hydrogen-bond acceptors (Lipinski definition) is 2. The zero-order valence-corrected chi connectivity index (χ0v) is 16.5. The lowest BCUT2D eigenvalue weighted by Gasteiger charge is -2.58. The van der Waals surface area contributed by atoms with Gasteiger partial charge in [0, 0.05) is 12.3 Å². The number of quaternary nitrogens is 1. The zero-order chi connectivity index (χ0) is 17.9. The van der Waals surface area contributed by atoms with E-state index in [-0.39, 0.29) is 22.8 Å². The van der Waals surface area contributed by atoms with E-state index in [1.165, 1.54) is 51.6 Å². The monoisotopic (exact) mass is 354 g/mol. The van der Waals surface area contributed by atoms with Crippen molar-refractivity contribution < 1.29 is 14.4 Å². The van der Waals surface area contributed by atoms with E-state index in [1.807, 2.05) is 4.90 Å². The maximum Gasteiger partial charge on any atom is 0.309 e. The van der Waals surface area contributed by atoms with Crippen LogP contribution < -0.4 is 4.90 Å². The SMILES string of the molecule is COC(=O)C1CC23C4=C(CCC41)CCC1C[NH+]4CC(C)=CC42CCC13C. The normalized spacial score (nSPS) is 53.3. The molecule has 2 heterocycles. The molecule has 2 saturated carbocycles. The molecule has 2 aliphatic heterocycles. The molecule has 0 amide bonds. The van der Waals surface area contributed by atoms with Crippen molar-refractivity contribution in [3.8, 4) is 0 Å². The molecule has 3 fully saturated rings. The van der Waals surface area contributed by atoms with Crippen LogP contribution in [0, 0.1) is 28.6 Å². The van der Waals surface area contributed by atoms with Crippen LogP contribution in [0.4, 0.5) is 0 Å². The van der Waals surface area contributed by atoms with Crippen molar-refractivity contribution in [1.29, 1.82) is 0 Å². The van der Waals surface area contributed by atoms with Gasteiger partial charge >= 0.3 is 5.97 Å². The summed E-state index contributed by atoms with van der Waals surface area (Å²) in [6.07, 6.45) is 11.5. The summed E-state index contributed by atoms with van der Waals surface area (Å²) in [6.45, 7) is 7.54. The first kappa shape index (κ1) is 15.9. The second-order valence-electron chi connectivity index (χ2n) is 10.5. The van der Waals surface area contributed by atoms with Crippen molar-refractivity contribution in [2.45, 2.75) is 64.3 Å². The van der Waals surface area contributed by atoms with Gasteiger partial charge in [0.1, 0.15) is 5.54 Å². The van der Waals surface area contributed by atoms with Crippen molar-refractivity contribution in [2.75, 3.05) is 20.2 Å². The highest BCUT2D eigenvalue weighted by Gasteiger charge is 2.81. The Hall–Kier alpha value is -1.09. The average Bonchev–Trinajstić information content (AvgIpc) is 3.29. The lowest BCUT2D eigenvalue weighted by Crippen LogP contribution is -3.22. The van der Waals surface area contributed by atoms with Gasteiger partial charge in [0.15, 0.2) is 0 Å². The smallest absolute Gasteiger partial charge is 0.309 e. The van der Waals surface area contributed by atoms with E-state index in [1.54, 1.807) is 23.8 Å². The van der Waals surface area contributed by atoms with Gasteiger partial charge in [0.25, 0.3) is 0 Å². The summed E-state index contributed by atoms with van der Waals surface area (Å²) in [7, 11) is 1.59. The van der Waals surface area contributed by atoms with Crippen molar-refractivity contribution in [1.82, 2.24) is 0 Å². The van der Waals surface area contributed by atoms with Crippen molar-refractivity contribution in [3.05, 3.63) is 22.8 Å². The fourth-order valence-corrected chi connectivity index (χ4v) is 9.33. The Kier molecular flexibility index (Phi) is 2.85. The van der Waals surface area contributed by atoms with E-state index in [0.717, 1.165) is 12.3 Å². The first-order valence-electron chi connectivity index (χ1n) is 10.8. The number of nitrogens with one attached hydrogen (secondary N) is 1. The summed E-state index contributed by atoms with van der Waals surface area (Å²) in [6, 6.07) is 0. The van der Waals surface area contributed by atoms with Crippen LogP contribution >= 0.6 is 0 Å². The molecule has 6 rings (SSSR count). The van der Waals surface area contributed by atoms with Crippen LogP contribution in [0.3, 0.4) is 0 Å². The quantitative estimate of drug-likeness (QED) is 0.580. The molecule has 0 aromatic rings. The Bertz CT molecular complexity index is 781. The first-order chi connectivity index (χ1) is 12.5. The third kappa shape index (κ3) is 1.42. The molecule has 6 aliphatic rings. The molecular formula is C23H32NO2+. The van der Waals surface area contributed by atoms with Gasteiger partial charge in [0.2, 0.25) is 0 Å². The molecule has 0 aromatic heterocycles. The molecule has 4 aliphatic carbocycles. The van der Waals surface area contributed by atoms with Gasteiger partial charge < -0.3 is 9.64 Å². The molecule has 0 radical (unpaired) electrons. The number of hydrogen-bond donors (Lipinski definition) is 1. The Morgan fingerprint density at radius 3 is 2.88 bits per heavy atom. The fraction of sp³-hybridized carbons (Fsp3) is 0.783. The number of esters is 1. The minimum absolute atomic E-state index is 0.0629. The molecule has 26 heavy (non-hydrogen) atoms. The predicted molar refractivity (Wildman–Crippen MR) is 99.6 cm³/mol. The third-order valence-corrected chi connectivity index (χ3v) is 10.1. The minimum atomic E-state index is 0.0629. The second-order valence-corrected chi connectivity index (χ2v) is 10.5. The number of allylic oxidation sites excluding steroid dienone is 1. The number of rotatable bonds is 1. The number of methoxy groups -OCH3 is 1. The van der Waals surface area contributed by atoms with Crippen LogP contribution in [-0.2, 0) is 9.53 Å². The predicted octanol–water partition coefficient (Wildman–Crippen LogP) is 2.68. The summed E-state index contributed by atoms with van der Waals surface area (Å²) in [5.74, 6) is 1.46. The summed E-state index contributed by atoms with van der Waals surface area (Å²) in [5.41, 5.74) is 5.98. The number of piperidine rings is 1. The molecule has 7 atom stereocenters. The lowest BCUT2D eigenvalue weighted by atomic mass is 9.50. The topological polar surface area (TPSA) is 30.7 Å². The number of ether oxygens (including phenoxy) is 1. The Morgan fingerprint density at radius 1 is 1.27 bits per heavy atom. The van der Waals surface area contributed by atoms with E-state index in [9.17, 15) is 4.79 Å². The minimum Gasteiger partial charge on any atom is -0.469 e.